The summed E-state index contributed by atoms with van der Waals surface area (Å²) in [7, 11) is -4.26. The van der Waals surface area contributed by atoms with Crippen molar-refractivity contribution in [3.05, 3.63) is 45.2 Å². The van der Waals surface area contributed by atoms with Crippen molar-refractivity contribution < 1.29 is 27.4 Å². The van der Waals surface area contributed by atoms with E-state index in [1.54, 1.807) is 6.92 Å². The van der Waals surface area contributed by atoms with Gasteiger partial charge in [0.2, 0.25) is 15.9 Å². The van der Waals surface area contributed by atoms with Gasteiger partial charge in [0.15, 0.2) is 5.82 Å². The highest BCUT2D eigenvalue weighted by Gasteiger charge is 2.32. The lowest BCUT2D eigenvalue weighted by molar-refractivity contribution is -0.384. The number of nitrogens with one attached hydrogen (secondary N) is 1. The molecule has 1 amide bonds. The monoisotopic (exact) mass is 458 g/mol. The van der Waals surface area contributed by atoms with Crippen LogP contribution in [0.15, 0.2) is 33.7 Å². The number of nitrogens with zero attached hydrogens (tertiary/aromatic N) is 3. The number of rotatable bonds is 8. The summed E-state index contributed by atoms with van der Waals surface area (Å²) in [5, 5.41) is 17.1. The zero-order valence-corrected chi connectivity index (χ0v) is 17.5. The third kappa shape index (κ3) is 5.14. The van der Waals surface area contributed by atoms with Crippen molar-refractivity contribution in [1.29, 1.82) is 0 Å². The van der Waals surface area contributed by atoms with Crippen LogP contribution in [0.2, 0.25) is 5.02 Å². The molecule has 3 rings (SSSR count). The lowest BCUT2D eigenvalue weighted by Gasteiger charge is -2.24. The van der Waals surface area contributed by atoms with Gasteiger partial charge < -0.3 is 14.6 Å². The lowest BCUT2D eigenvalue weighted by atomic mass is 10.2. The molecule has 0 saturated carbocycles. The average molecular weight is 459 g/mol. The van der Waals surface area contributed by atoms with Gasteiger partial charge in [-0.25, -0.2) is 8.42 Å². The molecule has 13 heteroatoms. The van der Waals surface area contributed by atoms with Gasteiger partial charge in [-0.1, -0.05) is 16.8 Å². The molecule has 0 radical (unpaired) electrons. The smallest absolute Gasteiger partial charge is 0.289 e. The Hall–Kier alpha value is -2.54. The first kappa shape index (κ1) is 22.2. The molecular formula is C17H19ClN4O7S. The number of halogens is 1. The lowest BCUT2D eigenvalue weighted by Crippen LogP contribution is -2.42. The highest BCUT2D eigenvalue weighted by molar-refractivity contribution is 7.89. The van der Waals surface area contributed by atoms with Crippen LogP contribution >= 0.6 is 11.6 Å². The topological polar surface area (TPSA) is 145 Å². The molecule has 2 aromatic rings. The summed E-state index contributed by atoms with van der Waals surface area (Å²) in [6, 6.07) is 4.65. The molecule has 162 valence electrons. The number of nitro groups is 1. The second kappa shape index (κ2) is 9.08. The number of amides is 1. The number of aromatic nitrogens is 1. The third-order valence-electron chi connectivity index (χ3n) is 4.40. The molecule has 1 aliphatic heterocycles. The third-order valence-corrected chi connectivity index (χ3v) is 6.53. The Morgan fingerprint density at radius 2 is 2.20 bits per heavy atom. The molecule has 1 unspecified atom stereocenters. The van der Waals surface area contributed by atoms with Crippen molar-refractivity contribution in [2.75, 3.05) is 25.0 Å². The summed E-state index contributed by atoms with van der Waals surface area (Å²) in [5.74, 6) is -0.0231. The standard InChI is InChI=1S/C17H19ClN4O7S/c1-11-7-16(20-29-11)19-17(23)10-21(9-12-3-2-6-28-12)30(26,27)13-4-5-14(18)15(8-13)22(24)25/h4-5,7-8,12H,2-3,6,9-10H2,1H3,(H,19,20,23). The van der Waals surface area contributed by atoms with Gasteiger partial charge in [0.1, 0.15) is 10.8 Å². The number of carbonyl (C=O) groups excluding carboxylic acids is 1. The molecule has 1 aliphatic rings. The number of aryl methyl sites for hydroxylation is 1. The molecule has 1 aromatic heterocycles. The molecule has 1 saturated heterocycles. The van der Waals surface area contributed by atoms with Crippen molar-refractivity contribution in [2.24, 2.45) is 0 Å². The molecule has 1 N–H and O–H groups in total. The normalized spacial score (nSPS) is 16.7. The number of anilines is 1. The summed E-state index contributed by atoms with van der Waals surface area (Å²) in [4.78, 5) is 22.5. The Labute approximate surface area is 177 Å². The fourth-order valence-corrected chi connectivity index (χ4v) is 4.61. The second-order valence-electron chi connectivity index (χ2n) is 6.67. The van der Waals surface area contributed by atoms with Gasteiger partial charge in [-0.15, -0.1) is 0 Å². The Bertz CT molecular complexity index is 1050. The second-order valence-corrected chi connectivity index (χ2v) is 9.02. The average Bonchev–Trinajstić information content (AvgIpc) is 3.32. The quantitative estimate of drug-likeness (QED) is 0.468. The zero-order chi connectivity index (χ0) is 21.9. The van der Waals surface area contributed by atoms with Crippen LogP contribution in [0.3, 0.4) is 0 Å². The maximum atomic E-state index is 13.2. The zero-order valence-electron chi connectivity index (χ0n) is 15.9. The van der Waals surface area contributed by atoms with E-state index in [0.717, 1.165) is 28.9 Å². The Morgan fingerprint density at radius 3 is 2.80 bits per heavy atom. The van der Waals surface area contributed by atoms with Crippen molar-refractivity contribution in [3.8, 4) is 0 Å². The van der Waals surface area contributed by atoms with Gasteiger partial charge in [-0.2, -0.15) is 4.31 Å². The molecule has 0 aliphatic carbocycles. The van der Waals surface area contributed by atoms with Crippen LogP contribution in [0.1, 0.15) is 18.6 Å². The molecular weight excluding hydrogens is 440 g/mol. The van der Waals surface area contributed by atoms with Crippen LogP contribution in [0, 0.1) is 17.0 Å². The minimum Gasteiger partial charge on any atom is -0.377 e. The summed E-state index contributed by atoms with van der Waals surface area (Å²) in [6.45, 7) is 1.52. The van der Waals surface area contributed by atoms with Gasteiger partial charge in [-0.05, 0) is 31.9 Å². The van der Waals surface area contributed by atoms with E-state index in [1.165, 1.54) is 6.07 Å². The van der Waals surface area contributed by atoms with E-state index in [9.17, 15) is 23.3 Å². The highest BCUT2D eigenvalue weighted by Crippen LogP contribution is 2.29. The van der Waals surface area contributed by atoms with Crippen molar-refractivity contribution in [2.45, 2.75) is 30.8 Å². The first-order valence-corrected chi connectivity index (χ1v) is 10.8. The van der Waals surface area contributed by atoms with Crippen molar-refractivity contribution >= 4 is 39.0 Å². The number of hydrogen-bond acceptors (Lipinski definition) is 8. The van der Waals surface area contributed by atoms with Gasteiger partial charge in [0.25, 0.3) is 5.69 Å². The largest absolute Gasteiger partial charge is 0.377 e. The minimum absolute atomic E-state index is 0.0793. The highest BCUT2D eigenvalue weighted by atomic mass is 35.5. The van der Waals surface area contributed by atoms with Crippen LogP contribution < -0.4 is 5.32 Å². The Kier molecular flexibility index (Phi) is 6.71. The molecule has 1 aromatic carbocycles. The number of nitro benzene ring substituents is 1. The maximum absolute atomic E-state index is 13.2. The molecule has 30 heavy (non-hydrogen) atoms. The fourth-order valence-electron chi connectivity index (χ4n) is 2.97. The van der Waals surface area contributed by atoms with Crippen LogP contribution in [-0.2, 0) is 19.6 Å². The van der Waals surface area contributed by atoms with E-state index in [0.29, 0.717) is 18.8 Å². The van der Waals surface area contributed by atoms with Gasteiger partial charge in [0, 0.05) is 25.3 Å². The van der Waals surface area contributed by atoms with Crippen LogP contribution in [0.25, 0.3) is 0 Å². The predicted octanol–water partition coefficient (Wildman–Crippen LogP) is 2.35. The van der Waals surface area contributed by atoms with Gasteiger partial charge in [0.05, 0.1) is 22.5 Å². The van der Waals surface area contributed by atoms with E-state index < -0.39 is 33.1 Å². The summed E-state index contributed by atoms with van der Waals surface area (Å²) < 4.78 is 37.7. The maximum Gasteiger partial charge on any atom is 0.289 e. The number of ether oxygens (including phenoxy) is 1. The number of hydrogen-bond donors (Lipinski definition) is 1. The molecule has 0 bridgehead atoms. The van der Waals surface area contributed by atoms with E-state index in [2.05, 4.69) is 10.5 Å². The number of benzene rings is 1. The molecule has 11 nitrogen and oxygen atoms in total. The van der Waals surface area contributed by atoms with Gasteiger partial charge >= 0.3 is 0 Å². The first-order chi connectivity index (χ1) is 14.2. The Morgan fingerprint density at radius 1 is 1.43 bits per heavy atom. The van der Waals surface area contributed by atoms with Crippen LogP contribution in [0.5, 0.6) is 0 Å². The Balaban J connectivity index is 1.87. The molecule has 1 fully saturated rings. The molecule has 2 heterocycles. The van der Waals surface area contributed by atoms with E-state index in [-0.39, 0.29) is 28.4 Å². The van der Waals surface area contributed by atoms with E-state index in [1.807, 2.05) is 0 Å². The predicted molar refractivity (Wildman–Crippen MR) is 106 cm³/mol. The van der Waals surface area contributed by atoms with Crippen LogP contribution in [-0.4, -0.2) is 54.5 Å². The SMILES string of the molecule is Cc1cc(NC(=O)CN(CC2CCCO2)S(=O)(=O)c2ccc(Cl)c([N+](=O)[O-])c2)no1. The summed E-state index contributed by atoms with van der Waals surface area (Å²) in [5.41, 5.74) is -0.544. The summed E-state index contributed by atoms with van der Waals surface area (Å²) >= 11 is 5.78. The summed E-state index contributed by atoms with van der Waals surface area (Å²) in [6.07, 6.45) is 1.02. The molecule has 0 spiro atoms. The van der Waals surface area contributed by atoms with Crippen molar-refractivity contribution in [1.82, 2.24) is 9.46 Å². The van der Waals surface area contributed by atoms with E-state index >= 15 is 0 Å². The van der Waals surface area contributed by atoms with Gasteiger partial charge in [-0.3, -0.25) is 14.9 Å². The first-order valence-electron chi connectivity index (χ1n) is 8.95. The number of carbonyl (C=O) groups is 1. The fraction of sp³-hybridized carbons (Fsp3) is 0.412. The minimum atomic E-state index is -4.26. The number of sulfonamides is 1. The van der Waals surface area contributed by atoms with E-state index in [4.69, 9.17) is 20.9 Å². The van der Waals surface area contributed by atoms with Crippen molar-refractivity contribution in [3.63, 3.8) is 0 Å². The van der Waals surface area contributed by atoms with Crippen LogP contribution in [0.4, 0.5) is 11.5 Å². The molecule has 1 atom stereocenters.